The fraction of sp³-hybridized carbons (Fsp3) is 0.250. The molecule has 30 heavy (non-hydrogen) atoms. The van der Waals surface area contributed by atoms with Crippen LogP contribution in [0.15, 0.2) is 75.7 Å². The number of carbonyl (C=O) groups excluding carboxylic acids is 2. The predicted molar refractivity (Wildman–Crippen MR) is 124 cm³/mol. The Morgan fingerprint density at radius 1 is 1.13 bits per heavy atom. The predicted octanol–water partition coefficient (Wildman–Crippen LogP) is 5.02. The molecule has 0 saturated carbocycles. The first-order valence-corrected chi connectivity index (χ1v) is 11.5. The Labute approximate surface area is 192 Å². The number of hydrogen-bond donors (Lipinski definition) is 1. The molecule has 2 aliphatic heterocycles. The number of likely N-dealkylation sites (N-methyl/N-ethyl adjacent to an activating group) is 1. The Morgan fingerprint density at radius 3 is 2.53 bits per heavy atom. The van der Waals surface area contributed by atoms with Gasteiger partial charge in [0.2, 0.25) is 5.91 Å². The first-order chi connectivity index (χ1) is 14.4. The highest BCUT2D eigenvalue weighted by atomic mass is 79.9. The maximum Gasteiger partial charge on any atom is 0.250 e. The van der Waals surface area contributed by atoms with Gasteiger partial charge in [-0.25, -0.2) is 0 Å². The first kappa shape index (κ1) is 19.9. The van der Waals surface area contributed by atoms with E-state index in [9.17, 15) is 9.59 Å². The summed E-state index contributed by atoms with van der Waals surface area (Å²) in [6, 6.07) is 14.0. The molecule has 1 fully saturated rings. The van der Waals surface area contributed by atoms with Crippen molar-refractivity contribution in [3.05, 3.63) is 86.8 Å². The van der Waals surface area contributed by atoms with Crippen molar-refractivity contribution >= 4 is 49.2 Å². The van der Waals surface area contributed by atoms with Crippen molar-refractivity contribution in [2.75, 3.05) is 18.9 Å². The number of amides is 1. The number of nitrogens with one attached hydrogen (secondary N) is 1. The van der Waals surface area contributed by atoms with E-state index in [1.165, 1.54) is 0 Å². The van der Waals surface area contributed by atoms with Crippen LogP contribution in [0.3, 0.4) is 0 Å². The molecule has 0 bridgehead atoms. The summed E-state index contributed by atoms with van der Waals surface area (Å²) >= 11 is 7.16. The number of allylic oxidation sites excluding steroid dienone is 4. The fourth-order valence-corrected chi connectivity index (χ4v) is 6.65. The third-order valence-electron chi connectivity index (χ3n) is 6.59. The van der Waals surface area contributed by atoms with Crippen molar-refractivity contribution in [2.24, 2.45) is 11.8 Å². The Kier molecular flexibility index (Phi) is 4.84. The molecular weight excluding hydrogens is 508 g/mol. The monoisotopic (exact) mass is 526 g/mol. The number of carbonyl (C=O) groups is 2. The molecule has 0 radical (unpaired) electrons. The molecule has 2 aromatic rings. The van der Waals surface area contributed by atoms with Crippen LogP contribution in [0.25, 0.3) is 0 Å². The molecule has 0 aromatic heterocycles. The van der Waals surface area contributed by atoms with Gasteiger partial charge in [0.25, 0.3) is 0 Å². The summed E-state index contributed by atoms with van der Waals surface area (Å²) in [5.41, 5.74) is 1.63. The summed E-state index contributed by atoms with van der Waals surface area (Å²) in [5.74, 6) is -0.957. The first-order valence-electron chi connectivity index (χ1n) is 9.90. The third-order valence-corrected chi connectivity index (χ3v) is 7.67. The summed E-state index contributed by atoms with van der Waals surface area (Å²) in [5, 5.41) is 3.07. The Bertz CT molecular complexity index is 1100. The lowest BCUT2D eigenvalue weighted by molar-refractivity contribution is -0.136. The van der Waals surface area contributed by atoms with Gasteiger partial charge in [0, 0.05) is 27.0 Å². The minimum Gasteiger partial charge on any atom is -0.323 e. The minimum absolute atomic E-state index is 0.0808. The Morgan fingerprint density at radius 2 is 1.83 bits per heavy atom. The number of ketones is 1. The molecule has 3 atom stereocenters. The van der Waals surface area contributed by atoms with E-state index in [2.05, 4.69) is 54.2 Å². The normalized spacial score (nSPS) is 27.8. The Balaban J connectivity index is 1.75. The minimum atomic E-state index is -1.05. The van der Waals surface area contributed by atoms with Gasteiger partial charge >= 0.3 is 0 Å². The zero-order valence-electron chi connectivity index (χ0n) is 16.3. The molecule has 3 aliphatic rings. The summed E-state index contributed by atoms with van der Waals surface area (Å²) < 4.78 is 1.67. The molecule has 1 aliphatic carbocycles. The number of nitrogens with zero attached hydrogens (tertiary/aromatic N) is 1. The van der Waals surface area contributed by atoms with E-state index in [4.69, 9.17) is 0 Å². The molecule has 1 amide bonds. The molecule has 0 unspecified atom stereocenters. The number of fused-ring (bicyclic) bond motifs is 2. The molecule has 6 heteroatoms. The number of rotatable bonds is 3. The highest BCUT2D eigenvalue weighted by Crippen LogP contribution is 2.57. The van der Waals surface area contributed by atoms with Gasteiger partial charge in [-0.05, 0) is 40.7 Å². The molecule has 1 saturated heterocycles. The van der Waals surface area contributed by atoms with E-state index >= 15 is 0 Å². The maximum absolute atomic E-state index is 13.9. The summed E-state index contributed by atoms with van der Waals surface area (Å²) in [6.45, 7) is 0.623. The zero-order chi connectivity index (χ0) is 21.0. The van der Waals surface area contributed by atoms with Crippen LogP contribution in [0.5, 0.6) is 0 Å². The fourth-order valence-electron chi connectivity index (χ4n) is 5.32. The van der Waals surface area contributed by atoms with E-state index in [0.29, 0.717) is 6.54 Å². The van der Waals surface area contributed by atoms with Gasteiger partial charge in [0.1, 0.15) is 11.3 Å². The summed E-state index contributed by atoms with van der Waals surface area (Å²) in [4.78, 5) is 29.7. The van der Waals surface area contributed by atoms with Gasteiger partial charge in [-0.3, -0.25) is 14.5 Å². The van der Waals surface area contributed by atoms with Crippen LogP contribution in [0.2, 0.25) is 0 Å². The number of anilines is 1. The largest absolute Gasteiger partial charge is 0.323 e. The van der Waals surface area contributed by atoms with Crippen LogP contribution < -0.4 is 5.32 Å². The number of Topliss-reactive ketones (excluding diaryl/α,β-unsaturated/α-hetero) is 1. The van der Waals surface area contributed by atoms with E-state index in [1.807, 2.05) is 61.7 Å². The molecule has 1 N–H and O–H groups in total. The van der Waals surface area contributed by atoms with Crippen LogP contribution in [-0.4, -0.2) is 30.2 Å². The number of hydrogen-bond acceptors (Lipinski definition) is 3. The van der Waals surface area contributed by atoms with Gasteiger partial charge in [-0.15, -0.1) is 0 Å². The lowest BCUT2D eigenvalue weighted by atomic mass is 9.69. The standard InChI is InChI=1S/C24H20Br2N2O2/c1-28-13-17(14-7-3-2-4-8-14)20(22(29)15-9-5-6-10-15)24(28)18-11-16(25)12-19(26)21(18)27-23(24)30/h2-12,15,17,20H,13H2,1H3,(H,27,30)/t17-,20+,24-/m0/s1. The number of benzene rings is 2. The Hall–Kier alpha value is -2.02. The maximum atomic E-state index is 13.9. The number of likely N-dealkylation sites (tertiary alicyclic amines) is 1. The lowest BCUT2D eigenvalue weighted by Gasteiger charge is -2.36. The van der Waals surface area contributed by atoms with E-state index in [1.54, 1.807) is 0 Å². The van der Waals surface area contributed by atoms with E-state index in [-0.39, 0.29) is 23.5 Å². The molecule has 2 aromatic carbocycles. The van der Waals surface area contributed by atoms with Crippen molar-refractivity contribution in [3.8, 4) is 0 Å². The van der Waals surface area contributed by atoms with Crippen LogP contribution in [0.1, 0.15) is 17.0 Å². The van der Waals surface area contributed by atoms with Gasteiger partial charge in [0.15, 0.2) is 0 Å². The molecule has 5 rings (SSSR count). The van der Waals surface area contributed by atoms with Gasteiger partial charge < -0.3 is 5.32 Å². The third kappa shape index (κ3) is 2.74. The van der Waals surface area contributed by atoms with E-state index in [0.717, 1.165) is 25.8 Å². The van der Waals surface area contributed by atoms with Crippen molar-refractivity contribution in [1.82, 2.24) is 4.90 Å². The second kappa shape index (κ2) is 7.29. The molecular formula is C24H20Br2N2O2. The summed E-state index contributed by atoms with van der Waals surface area (Å²) in [6.07, 6.45) is 7.64. The smallest absolute Gasteiger partial charge is 0.250 e. The van der Waals surface area contributed by atoms with Crippen LogP contribution in [0.4, 0.5) is 5.69 Å². The zero-order valence-corrected chi connectivity index (χ0v) is 19.5. The summed E-state index contributed by atoms with van der Waals surface area (Å²) in [7, 11) is 1.95. The van der Waals surface area contributed by atoms with Crippen molar-refractivity contribution in [3.63, 3.8) is 0 Å². The second-order valence-corrected chi connectivity index (χ2v) is 9.87. The quantitative estimate of drug-likeness (QED) is 0.610. The van der Waals surface area contributed by atoms with Gasteiger partial charge in [-0.1, -0.05) is 70.6 Å². The van der Waals surface area contributed by atoms with E-state index < -0.39 is 11.5 Å². The topological polar surface area (TPSA) is 49.4 Å². The lowest BCUT2D eigenvalue weighted by Crippen LogP contribution is -2.52. The SMILES string of the molecule is CN1C[C@@H](c2ccccc2)[C@H](C(=O)C2C=CC=C2)[C@@]12C(=O)Nc1c(Br)cc(Br)cc12. The molecule has 1 spiro atoms. The van der Waals surface area contributed by atoms with Crippen molar-refractivity contribution in [2.45, 2.75) is 11.5 Å². The average Bonchev–Trinajstić information content (AvgIpc) is 3.43. The van der Waals surface area contributed by atoms with Crippen LogP contribution in [-0.2, 0) is 15.1 Å². The van der Waals surface area contributed by atoms with Crippen molar-refractivity contribution < 1.29 is 9.59 Å². The highest BCUT2D eigenvalue weighted by molar-refractivity contribution is 9.11. The van der Waals surface area contributed by atoms with Crippen molar-refractivity contribution in [1.29, 1.82) is 0 Å². The molecule has 4 nitrogen and oxygen atoms in total. The van der Waals surface area contributed by atoms with Crippen LogP contribution >= 0.6 is 31.9 Å². The average molecular weight is 528 g/mol. The van der Waals surface area contributed by atoms with Gasteiger partial charge in [0.05, 0.1) is 17.5 Å². The highest BCUT2D eigenvalue weighted by Gasteiger charge is 2.64. The van der Waals surface area contributed by atoms with Gasteiger partial charge in [-0.2, -0.15) is 0 Å². The molecule has 2 heterocycles. The number of halogens is 2. The van der Waals surface area contributed by atoms with Crippen LogP contribution in [0, 0.1) is 11.8 Å². The molecule has 152 valence electrons. The second-order valence-electron chi connectivity index (χ2n) is 8.10.